The van der Waals surface area contributed by atoms with Crippen LogP contribution in [0.5, 0.6) is 5.75 Å². The molecule has 2 atom stereocenters. The van der Waals surface area contributed by atoms with Crippen LogP contribution in [0.1, 0.15) is 32.8 Å². The number of nitrogens with one attached hydrogen (secondary N) is 2. The van der Waals surface area contributed by atoms with Crippen LogP contribution >= 0.6 is 0 Å². The summed E-state index contributed by atoms with van der Waals surface area (Å²) in [6.07, 6.45) is 0.241. The Balaban J connectivity index is 2.74. The van der Waals surface area contributed by atoms with Crippen molar-refractivity contribution in [3.8, 4) is 5.75 Å². The summed E-state index contributed by atoms with van der Waals surface area (Å²) in [5.74, 6) is 0.0333. The van der Waals surface area contributed by atoms with Crippen LogP contribution in [-0.4, -0.2) is 25.1 Å². The monoisotopic (exact) mass is 282 g/mol. The van der Waals surface area contributed by atoms with Gasteiger partial charge >= 0.3 is 0 Å². The Morgan fingerprint density at radius 2 is 2.10 bits per heavy atom. The first-order valence-electron chi connectivity index (χ1n) is 6.88. The lowest BCUT2D eigenvalue weighted by Crippen LogP contribution is -2.41. The summed E-state index contributed by atoms with van der Waals surface area (Å²) in [4.78, 5) is 11.9. The molecular formula is C15H23FN2O2. The van der Waals surface area contributed by atoms with Gasteiger partial charge in [-0.25, -0.2) is 4.39 Å². The van der Waals surface area contributed by atoms with Crippen molar-refractivity contribution in [2.24, 2.45) is 0 Å². The van der Waals surface area contributed by atoms with Gasteiger partial charge in [0.1, 0.15) is 11.6 Å². The van der Waals surface area contributed by atoms with Crippen LogP contribution in [0.4, 0.5) is 4.39 Å². The van der Waals surface area contributed by atoms with Crippen molar-refractivity contribution in [2.75, 3.05) is 7.05 Å². The second kappa shape index (κ2) is 7.85. The topological polar surface area (TPSA) is 50.4 Å². The number of rotatable bonds is 7. The average molecular weight is 282 g/mol. The van der Waals surface area contributed by atoms with E-state index in [1.165, 1.54) is 12.1 Å². The molecule has 0 aliphatic heterocycles. The van der Waals surface area contributed by atoms with E-state index in [0.29, 0.717) is 17.9 Å². The second-order valence-corrected chi connectivity index (χ2v) is 4.86. The van der Waals surface area contributed by atoms with Crippen LogP contribution < -0.4 is 15.4 Å². The molecule has 0 radical (unpaired) electrons. The zero-order chi connectivity index (χ0) is 15.1. The predicted molar refractivity (Wildman–Crippen MR) is 77.1 cm³/mol. The Kier molecular flexibility index (Phi) is 6.45. The zero-order valence-electron chi connectivity index (χ0n) is 12.5. The molecule has 0 aliphatic carbocycles. The predicted octanol–water partition coefficient (Wildman–Crippen LogP) is 2.23. The summed E-state index contributed by atoms with van der Waals surface area (Å²) < 4.78 is 18.9. The lowest BCUT2D eigenvalue weighted by atomic mass is 10.2. The normalized spacial score (nSPS) is 13.7. The molecule has 1 amide bonds. The van der Waals surface area contributed by atoms with Crippen molar-refractivity contribution in [1.29, 1.82) is 0 Å². The standard InChI is InChI=1S/C15H23FN2O2/c1-5-10(2)18-15(19)11(3)20-14-7-6-13(16)8-12(14)9-17-4/h6-8,10-11,17H,5,9H2,1-4H3,(H,18,19). The minimum absolute atomic E-state index is 0.110. The Morgan fingerprint density at radius 1 is 1.40 bits per heavy atom. The fourth-order valence-electron chi connectivity index (χ4n) is 1.70. The van der Waals surface area contributed by atoms with Gasteiger partial charge in [-0.2, -0.15) is 0 Å². The third-order valence-electron chi connectivity index (χ3n) is 3.06. The summed E-state index contributed by atoms with van der Waals surface area (Å²) in [5.41, 5.74) is 0.690. The van der Waals surface area contributed by atoms with Crippen LogP contribution in [0.25, 0.3) is 0 Å². The smallest absolute Gasteiger partial charge is 0.260 e. The number of carbonyl (C=O) groups is 1. The minimum Gasteiger partial charge on any atom is -0.481 e. The highest BCUT2D eigenvalue weighted by Gasteiger charge is 2.17. The summed E-state index contributed by atoms with van der Waals surface area (Å²) in [5, 5.41) is 5.81. The van der Waals surface area contributed by atoms with E-state index < -0.39 is 6.10 Å². The number of hydrogen-bond acceptors (Lipinski definition) is 3. The molecule has 0 aromatic heterocycles. The second-order valence-electron chi connectivity index (χ2n) is 4.86. The fourth-order valence-corrected chi connectivity index (χ4v) is 1.70. The highest BCUT2D eigenvalue weighted by Crippen LogP contribution is 2.21. The van der Waals surface area contributed by atoms with Crippen molar-refractivity contribution >= 4 is 5.91 Å². The molecule has 112 valence electrons. The summed E-state index contributed by atoms with van der Waals surface area (Å²) in [6, 6.07) is 4.40. The first-order chi connectivity index (χ1) is 9.47. The largest absolute Gasteiger partial charge is 0.481 e. The lowest BCUT2D eigenvalue weighted by molar-refractivity contribution is -0.127. The fraction of sp³-hybridized carbons (Fsp3) is 0.533. The van der Waals surface area contributed by atoms with Crippen LogP contribution in [-0.2, 0) is 11.3 Å². The molecule has 2 unspecified atom stereocenters. The summed E-state index contributed by atoms with van der Waals surface area (Å²) >= 11 is 0. The van der Waals surface area contributed by atoms with Gasteiger partial charge in [-0.15, -0.1) is 0 Å². The molecule has 1 aromatic carbocycles. The van der Waals surface area contributed by atoms with Gasteiger partial charge in [-0.3, -0.25) is 4.79 Å². The molecule has 1 aromatic rings. The molecule has 0 saturated carbocycles. The molecule has 20 heavy (non-hydrogen) atoms. The minimum atomic E-state index is -0.620. The van der Waals surface area contributed by atoms with Crippen molar-refractivity contribution in [3.63, 3.8) is 0 Å². The van der Waals surface area contributed by atoms with Gasteiger partial charge in [0.05, 0.1) is 0 Å². The molecule has 0 bridgehead atoms. The van der Waals surface area contributed by atoms with Gasteiger partial charge in [0, 0.05) is 18.2 Å². The number of hydrogen-bond donors (Lipinski definition) is 2. The maximum Gasteiger partial charge on any atom is 0.260 e. The number of halogens is 1. The maximum atomic E-state index is 13.2. The van der Waals surface area contributed by atoms with Crippen LogP contribution in [0.3, 0.4) is 0 Å². The van der Waals surface area contributed by atoms with Crippen molar-refractivity contribution in [1.82, 2.24) is 10.6 Å². The number of carbonyl (C=O) groups excluding carboxylic acids is 1. The Morgan fingerprint density at radius 3 is 2.70 bits per heavy atom. The van der Waals surface area contributed by atoms with E-state index in [0.717, 1.165) is 6.42 Å². The molecule has 1 rings (SSSR count). The van der Waals surface area contributed by atoms with E-state index in [2.05, 4.69) is 10.6 Å². The Bertz CT molecular complexity index is 451. The Labute approximate surface area is 119 Å². The zero-order valence-corrected chi connectivity index (χ0v) is 12.5. The Hall–Kier alpha value is -1.62. The van der Waals surface area contributed by atoms with Crippen molar-refractivity contribution in [2.45, 2.75) is 45.9 Å². The van der Waals surface area contributed by atoms with E-state index in [1.807, 2.05) is 13.8 Å². The quantitative estimate of drug-likeness (QED) is 0.806. The van der Waals surface area contributed by atoms with Gasteiger partial charge in [-0.1, -0.05) is 6.92 Å². The maximum absolute atomic E-state index is 13.2. The average Bonchev–Trinajstić information content (AvgIpc) is 2.41. The van der Waals surface area contributed by atoms with Gasteiger partial charge in [0.15, 0.2) is 6.10 Å². The number of benzene rings is 1. The molecule has 0 heterocycles. The molecule has 0 saturated heterocycles. The third-order valence-corrected chi connectivity index (χ3v) is 3.06. The number of ether oxygens (including phenoxy) is 1. The first-order valence-corrected chi connectivity index (χ1v) is 6.88. The summed E-state index contributed by atoms with van der Waals surface area (Å²) in [7, 11) is 1.77. The molecule has 0 spiro atoms. The van der Waals surface area contributed by atoms with Gasteiger partial charge in [0.2, 0.25) is 0 Å². The van der Waals surface area contributed by atoms with E-state index in [4.69, 9.17) is 4.74 Å². The van der Waals surface area contributed by atoms with Gasteiger partial charge < -0.3 is 15.4 Å². The molecule has 5 heteroatoms. The van der Waals surface area contributed by atoms with Crippen LogP contribution in [0, 0.1) is 5.82 Å². The first kappa shape index (κ1) is 16.4. The lowest BCUT2D eigenvalue weighted by Gasteiger charge is -2.19. The molecular weight excluding hydrogens is 259 g/mol. The molecule has 4 nitrogen and oxygen atoms in total. The highest BCUT2D eigenvalue weighted by atomic mass is 19.1. The van der Waals surface area contributed by atoms with Crippen LogP contribution in [0.15, 0.2) is 18.2 Å². The number of amides is 1. The SMILES string of the molecule is CCC(C)NC(=O)C(C)Oc1ccc(F)cc1CNC. The molecule has 2 N–H and O–H groups in total. The van der Waals surface area contributed by atoms with Gasteiger partial charge in [-0.05, 0) is 45.5 Å². The van der Waals surface area contributed by atoms with Crippen molar-refractivity contribution in [3.05, 3.63) is 29.6 Å². The van der Waals surface area contributed by atoms with E-state index in [9.17, 15) is 9.18 Å². The van der Waals surface area contributed by atoms with E-state index >= 15 is 0 Å². The van der Waals surface area contributed by atoms with E-state index in [-0.39, 0.29) is 17.8 Å². The molecule has 0 fully saturated rings. The van der Waals surface area contributed by atoms with Gasteiger partial charge in [0.25, 0.3) is 5.91 Å². The third kappa shape index (κ3) is 4.81. The summed E-state index contributed by atoms with van der Waals surface area (Å²) in [6.45, 7) is 6.10. The highest BCUT2D eigenvalue weighted by molar-refractivity contribution is 5.81. The van der Waals surface area contributed by atoms with E-state index in [1.54, 1.807) is 20.0 Å². The van der Waals surface area contributed by atoms with Crippen molar-refractivity contribution < 1.29 is 13.9 Å². The molecule has 0 aliphatic rings. The van der Waals surface area contributed by atoms with Crippen LogP contribution in [0.2, 0.25) is 0 Å².